The largest absolute Gasteiger partial charge is 0.337 e. The summed E-state index contributed by atoms with van der Waals surface area (Å²) in [5, 5.41) is 5.19. The van der Waals surface area contributed by atoms with Gasteiger partial charge < -0.3 is 4.90 Å². The molecule has 3 rings (SSSR count). The van der Waals surface area contributed by atoms with Crippen LogP contribution in [0, 0.1) is 5.82 Å². The standard InChI is InChI=1S/C22H23ClFN3O/c1-3-13-26(14-4-2)22(28)21-15-20(18-7-5-6-8-19(18)23)25-27(21)17-11-9-16(24)10-12-17/h5-12,15H,3-4,13-14H2,1-2H3. The third-order valence-electron chi connectivity index (χ3n) is 4.42. The van der Waals surface area contributed by atoms with Crippen molar-refractivity contribution in [2.75, 3.05) is 13.1 Å². The summed E-state index contributed by atoms with van der Waals surface area (Å²) in [4.78, 5) is 15.1. The van der Waals surface area contributed by atoms with Crippen molar-refractivity contribution in [3.63, 3.8) is 0 Å². The number of rotatable bonds is 7. The normalized spacial score (nSPS) is 10.9. The number of carbonyl (C=O) groups is 1. The molecule has 1 aromatic heterocycles. The van der Waals surface area contributed by atoms with Gasteiger partial charge >= 0.3 is 0 Å². The van der Waals surface area contributed by atoms with Crippen LogP contribution >= 0.6 is 11.6 Å². The molecule has 0 aliphatic carbocycles. The number of halogens is 2. The van der Waals surface area contributed by atoms with Crippen molar-refractivity contribution in [3.8, 4) is 16.9 Å². The fourth-order valence-corrected chi connectivity index (χ4v) is 3.36. The molecule has 0 aliphatic rings. The van der Waals surface area contributed by atoms with E-state index in [1.165, 1.54) is 12.1 Å². The molecule has 2 aromatic carbocycles. The van der Waals surface area contributed by atoms with Crippen LogP contribution in [0.3, 0.4) is 0 Å². The van der Waals surface area contributed by atoms with Gasteiger partial charge in [-0.25, -0.2) is 9.07 Å². The summed E-state index contributed by atoms with van der Waals surface area (Å²) in [7, 11) is 0. The highest BCUT2D eigenvalue weighted by atomic mass is 35.5. The molecular weight excluding hydrogens is 377 g/mol. The third-order valence-corrected chi connectivity index (χ3v) is 4.75. The molecule has 1 heterocycles. The van der Waals surface area contributed by atoms with Crippen molar-refractivity contribution in [2.45, 2.75) is 26.7 Å². The summed E-state index contributed by atoms with van der Waals surface area (Å²) in [6, 6.07) is 15.1. The predicted octanol–water partition coefficient (Wildman–Crippen LogP) is 5.59. The van der Waals surface area contributed by atoms with E-state index in [0.717, 1.165) is 18.4 Å². The van der Waals surface area contributed by atoms with Crippen LogP contribution in [-0.2, 0) is 0 Å². The first-order chi connectivity index (χ1) is 13.5. The Kier molecular flexibility index (Phi) is 6.47. The zero-order valence-corrected chi connectivity index (χ0v) is 16.8. The van der Waals surface area contributed by atoms with Gasteiger partial charge in [0.15, 0.2) is 0 Å². The molecule has 3 aromatic rings. The van der Waals surface area contributed by atoms with Crippen LogP contribution in [0.1, 0.15) is 37.2 Å². The Morgan fingerprint density at radius 1 is 1.07 bits per heavy atom. The van der Waals surface area contributed by atoms with Gasteiger partial charge in [0.2, 0.25) is 0 Å². The fourth-order valence-electron chi connectivity index (χ4n) is 3.13. The molecule has 0 unspecified atom stereocenters. The van der Waals surface area contributed by atoms with Crippen LogP contribution in [0.2, 0.25) is 5.02 Å². The van der Waals surface area contributed by atoms with E-state index < -0.39 is 0 Å². The van der Waals surface area contributed by atoms with Crippen LogP contribution in [0.15, 0.2) is 54.6 Å². The topological polar surface area (TPSA) is 38.1 Å². The van der Waals surface area contributed by atoms with Crippen LogP contribution in [0.4, 0.5) is 4.39 Å². The number of nitrogens with zero attached hydrogens (tertiary/aromatic N) is 3. The maximum atomic E-state index is 13.4. The first-order valence-electron chi connectivity index (χ1n) is 9.45. The van der Waals surface area contributed by atoms with Crippen LogP contribution < -0.4 is 0 Å². The second-order valence-corrected chi connectivity index (χ2v) is 6.98. The van der Waals surface area contributed by atoms with Crippen molar-refractivity contribution in [1.29, 1.82) is 0 Å². The van der Waals surface area contributed by atoms with Crippen LogP contribution in [0.25, 0.3) is 16.9 Å². The van der Waals surface area contributed by atoms with Crippen molar-refractivity contribution < 1.29 is 9.18 Å². The summed E-state index contributed by atoms with van der Waals surface area (Å²) in [5.41, 5.74) is 2.40. The molecule has 1 amide bonds. The van der Waals surface area contributed by atoms with Gasteiger partial charge in [0.05, 0.1) is 16.4 Å². The minimum Gasteiger partial charge on any atom is -0.337 e. The molecule has 146 valence electrons. The molecule has 0 radical (unpaired) electrons. The molecule has 0 atom stereocenters. The molecule has 0 spiro atoms. The SMILES string of the molecule is CCCN(CCC)C(=O)c1cc(-c2ccccc2Cl)nn1-c1ccc(F)cc1. The molecule has 0 fully saturated rings. The van der Waals surface area contributed by atoms with Gasteiger partial charge in [-0.1, -0.05) is 43.6 Å². The number of hydrogen-bond donors (Lipinski definition) is 0. The second kappa shape index (κ2) is 9.02. The van der Waals surface area contributed by atoms with Gasteiger partial charge in [0.25, 0.3) is 5.91 Å². The molecule has 0 bridgehead atoms. The van der Waals surface area contributed by atoms with E-state index >= 15 is 0 Å². The Labute approximate surface area is 169 Å². The van der Waals surface area contributed by atoms with Crippen molar-refractivity contribution >= 4 is 17.5 Å². The molecule has 6 heteroatoms. The lowest BCUT2D eigenvalue weighted by Crippen LogP contribution is -2.33. The first kappa shape index (κ1) is 20.1. The van der Waals surface area contributed by atoms with E-state index in [9.17, 15) is 9.18 Å². The Hall–Kier alpha value is -2.66. The van der Waals surface area contributed by atoms with Gasteiger partial charge in [-0.15, -0.1) is 0 Å². The molecular formula is C22H23ClFN3O. The lowest BCUT2D eigenvalue weighted by Gasteiger charge is -2.21. The molecule has 4 nitrogen and oxygen atoms in total. The maximum absolute atomic E-state index is 13.4. The smallest absolute Gasteiger partial charge is 0.272 e. The number of amides is 1. The van der Waals surface area contributed by atoms with Gasteiger partial charge in [-0.3, -0.25) is 4.79 Å². The van der Waals surface area contributed by atoms with Crippen LogP contribution in [0.5, 0.6) is 0 Å². The van der Waals surface area contributed by atoms with Gasteiger partial charge in [0.1, 0.15) is 11.5 Å². The Morgan fingerprint density at radius 2 is 1.71 bits per heavy atom. The minimum absolute atomic E-state index is 0.0983. The van der Waals surface area contributed by atoms with E-state index in [4.69, 9.17) is 11.6 Å². The summed E-state index contributed by atoms with van der Waals surface area (Å²) in [5.74, 6) is -0.437. The lowest BCUT2D eigenvalue weighted by atomic mass is 10.1. The van der Waals surface area contributed by atoms with Gasteiger partial charge in [-0.05, 0) is 49.2 Å². The highest BCUT2D eigenvalue weighted by Crippen LogP contribution is 2.28. The Morgan fingerprint density at radius 3 is 2.32 bits per heavy atom. The fraction of sp³-hybridized carbons (Fsp3) is 0.273. The summed E-state index contributed by atoms with van der Waals surface area (Å²) >= 11 is 6.33. The highest BCUT2D eigenvalue weighted by molar-refractivity contribution is 6.33. The second-order valence-electron chi connectivity index (χ2n) is 6.58. The van der Waals surface area contributed by atoms with Crippen molar-refractivity contribution in [3.05, 3.63) is 71.1 Å². The summed E-state index contributed by atoms with van der Waals surface area (Å²) < 4.78 is 15.0. The minimum atomic E-state index is -0.339. The number of benzene rings is 2. The monoisotopic (exact) mass is 399 g/mol. The van der Waals surface area contributed by atoms with Crippen LogP contribution in [-0.4, -0.2) is 33.7 Å². The summed E-state index contributed by atoms with van der Waals surface area (Å²) in [6.07, 6.45) is 1.74. The molecule has 0 saturated heterocycles. The quantitative estimate of drug-likeness (QED) is 0.519. The lowest BCUT2D eigenvalue weighted by molar-refractivity contribution is 0.0746. The predicted molar refractivity (Wildman–Crippen MR) is 110 cm³/mol. The highest BCUT2D eigenvalue weighted by Gasteiger charge is 2.22. The van der Waals surface area contributed by atoms with E-state index in [-0.39, 0.29) is 11.7 Å². The van der Waals surface area contributed by atoms with E-state index in [0.29, 0.717) is 35.2 Å². The molecule has 0 saturated carbocycles. The van der Waals surface area contributed by atoms with E-state index in [2.05, 4.69) is 5.10 Å². The third kappa shape index (κ3) is 4.25. The average Bonchev–Trinajstić information content (AvgIpc) is 3.13. The number of hydrogen-bond acceptors (Lipinski definition) is 2. The maximum Gasteiger partial charge on any atom is 0.272 e. The number of carbonyl (C=O) groups excluding carboxylic acids is 1. The zero-order chi connectivity index (χ0) is 20.1. The molecule has 0 N–H and O–H groups in total. The zero-order valence-electron chi connectivity index (χ0n) is 16.0. The van der Waals surface area contributed by atoms with Crippen molar-refractivity contribution in [1.82, 2.24) is 14.7 Å². The number of aromatic nitrogens is 2. The molecule has 0 aliphatic heterocycles. The van der Waals surface area contributed by atoms with E-state index in [1.807, 2.05) is 36.9 Å². The van der Waals surface area contributed by atoms with E-state index in [1.54, 1.807) is 28.9 Å². The summed E-state index contributed by atoms with van der Waals surface area (Å²) in [6.45, 7) is 5.43. The first-order valence-corrected chi connectivity index (χ1v) is 9.83. The van der Waals surface area contributed by atoms with Gasteiger partial charge in [0, 0.05) is 18.7 Å². The van der Waals surface area contributed by atoms with Crippen molar-refractivity contribution in [2.24, 2.45) is 0 Å². The van der Waals surface area contributed by atoms with Gasteiger partial charge in [-0.2, -0.15) is 5.10 Å². The molecule has 28 heavy (non-hydrogen) atoms. The Bertz CT molecular complexity index is 947. The average molecular weight is 400 g/mol. The Balaban J connectivity index is 2.12.